The standard InChI is InChI=1S/C29H36FN5O5/c1-17(2)39-25-15-23-18(16-35(32-23)19-8-11-33(12-9-19)28(38)40-29(3,4)5)13-20(25)26(36)31-22-7-6-10-34(27(22)37)24-14-21(24)30/h6-7,10,13,15-17,19,21,24H,8-9,11-12,14H2,1-5H3,(H,31,36)/t21-,24+/m1/s1. The smallest absolute Gasteiger partial charge is 0.410 e. The zero-order chi connectivity index (χ0) is 28.8. The second kappa shape index (κ2) is 10.6. The van der Waals surface area contributed by atoms with E-state index in [2.05, 4.69) is 5.32 Å². The molecule has 3 heterocycles. The number of nitrogens with zero attached hydrogens (tertiary/aromatic N) is 4. The summed E-state index contributed by atoms with van der Waals surface area (Å²) in [5.41, 5.74) is 0.0316. The van der Waals surface area contributed by atoms with E-state index in [0.717, 1.165) is 18.2 Å². The Balaban J connectivity index is 1.36. The number of pyridine rings is 1. The van der Waals surface area contributed by atoms with Crippen molar-refractivity contribution in [3.05, 3.63) is 52.6 Å². The number of ether oxygens (including phenoxy) is 2. The summed E-state index contributed by atoms with van der Waals surface area (Å²) in [5.74, 6) is -0.148. The maximum absolute atomic E-state index is 13.6. The van der Waals surface area contributed by atoms with Crippen LogP contribution in [0.2, 0.25) is 0 Å². The van der Waals surface area contributed by atoms with Crippen LogP contribution in [-0.4, -0.2) is 62.2 Å². The van der Waals surface area contributed by atoms with Gasteiger partial charge in [0.05, 0.1) is 29.3 Å². The zero-order valence-electron chi connectivity index (χ0n) is 23.5. The average molecular weight is 554 g/mol. The molecule has 0 unspecified atom stereocenters. The molecule has 0 radical (unpaired) electrons. The second-order valence-corrected chi connectivity index (χ2v) is 11.8. The third-order valence-electron chi connectivity index (χ3n) is 6.98. The number of nitrogens with one attached hydrogen (secondary N) is 1. The summed E-state index contributed by atoms with van der Waals surface area (Å²) >= 11 is 0. The Labute approximate surface area is 232 Å². The number of benzene rings is 1. The van der Waals surface area contributed by atoms with E-state index in [4.69, 9.17) is 14.6 Å². The van der Waals surface area contributed by atoms with E-state index in [0.29, 0.717) is 30.8 Å². The molecule has 2 fully saturated rings. The van der Waals surface area contributed by atoms with Gasteiger partial charge < -0.3 is 24.3 Å². The summed E-state index contributed by atoms with van der Waals surface area (Å²) in [7, 11) is 0. The molecule has 2 aliphatic rings. The number of hydrogen-bond acceptors (Lipinski definition) is 6. The van der Waals surface area contributed by atoms with Gasteiger partial charge in [-0.3, -0.25) is 14.3 Å². The molecule has 0 bridgehead atoms. The molecule has 1 N–H and O–H groups in total. The van der Waals surface area contributed by atoms with Crippen LogP contribution in [0.5, 0.6) is 5.75 Å². The van der Waals surface area contributed by atoms with Crippen LogP contribution in [0, 0.1) is 0 Å². The Bertz CT molecular complexity index is 1480. The number of anilines is 1. The lowest BCUT2D eigenvalue weighted by Gasteiger charge is -2.33. The molecule has 1 aromatic carbocycles. The number of likely N-dealkylation sites (tertiary alicyclic amines) is 1. The van der Waals surface area contributed by atoms with Crippen molar-refractivity contribution >= 4 is 28.6 Å². The fourth-order valence-electron chi connectivity index (χ4n) is 4.92. The normalized spacial score (nSPS) is 19.6. The summed E-state index contributed by atoms with van der Waals surface area (Å²) in [6.45, 7) is 10.4. The largest absolute Gasteiger partial charge is 0.490 e. The number of carbonyl (C=O) groups is 2. The molecule has 10 nitrogen and oxygen atoms in total. The first-order valence-corrected chi connectivity index (χ1v) is 13.7. The summed E-state index contributed by atoms with van der Waals surface area (Å²) in [5, 5.41) is 8.20. The van der Waals surface area contributed by atoms with Crippen LogP contribution in [0.4, 0.5) is 14.9 Å². The maximum Gasteiger partial charge on any atom is 0.410 e. The highest BCUT2D eigenvalue weighted by atomic mass is 19.1. The molecule has 0 spiro atoms. The van der Waals surface area contributed by atoms with Crippen molar-refractivity contribution in [3.8, 4) is 5.75 Å². The minimum absolute atomic E-state index is 0.0784. The van der Waals surface area contributed by atoms with Crippen molar-refractivity contribution < 1.29 is 23.5 Å². The lowest BCUT2D eigenvalue weighted by Crippen LogP contribution is -2.42. The van der Waals surface area contributed by atoms with Gasteiger partial charge in [-0.1, -0.05) is 0 Å². The van der Waals surface area contributed by atoms with Gasteiger partial charge >= 0.3 is 6.09 Å². The Hall–Kier alpha value is -3.89. The number of halogens is 1. The number of fused-ring (bicyclic) bond motifs is 1. The van der Waals surface area contributed by atoms with Crippen molar-refractivity contribution in [1.82, 2.24) is 19.2 Å². The Morgan fingerprint density at radius 2 is 1.88 bits per heavy atom. The van der Waals surface area contributed by atoms with Crippen molar-refractivity contribution in [2.24, 2.45) is 0 Å². The Kier molecular flexibility index (Phi) is 7.32. The molecule has 1 aliphatic carbocycles. The third kappa shape index (κ3) is 5.97. The van der Waals surface area contributed by atoms with E-state index >= 15 is 0 Å². The lowest BCUT2D eigenvalue weighted by molar-refractivity contribution is 0.0185. The van der Waals surface area contributed by atoms with E-state index in [1.165, 1.54) is 16.8 Å². The van der Waals surface area contributed by atoms with Crippen molar-refractivity contribution in [2.75, 3.05) is 18.4 Å². The first-order valence-electron chi connectivity index (χ1n) is 13.7. The molecule has 5 rings (SSSR count). The number of hydrogen-bond donors (Lipinski definition) is 1. The summed E-state index contributed by atoms with van der Waals surface area (Å²) in [6.07, 6.45) is 3.61. The van der Waals surface area contributed by atoms with Gasteiger partial charge in [0.15, 0.2) is 0 Å². The SMILES string of the molecule is CC(C)Oc1cc2nn(C3CCN(C(=O)OC(C)(C)C)CC3)cc2cc1C(=O)Nc1cccn([C@H]2C[C@H]2F)c1=O. The van der Waals surface area contributed by atoms with Crippen molar-refractivity contribution in [3.63, 3.8) is 0 Å². The van der Waals surface area contributed by atoms with Gasteiger partial charge in [0.1, 0.15) is 23.2 Å². The van der Waals surface area contributed by atoms with Crippen LogP contribution in [0.15, 0.2) is 41.5 Å². The number of alkyl halides is 1. The number of amides is 2. The van der Waals surface area contributed by atoms with E-state index < -0.39 is 29.3 Å². The lowest BCUT2D eigenvalue weighted by atomic mass is 10.1. The number of rotatable bonds is 6. The molecule has 1 aliphatic heterocycles. The summed E-state index contributed by atoms with van der Waals surface area (Å²) < 4.78 is 28.3. The Morgan fingerprint density at radius 3 is 2.50 bits per heavy atom. The topological polar surface area (TPSA) is 108 Å². The summed E-state index contributed by atoms with van der Waals surface area (Å²) in [4.78, 5) is 40.4. The predicted molar refractivity (Wildman–Crippen MR) is 149 cm³/mol. The molecule has 40 heavy (non-hydrogen) atoms. The monoisotopic (exact) mass is 553 g/mol. The van der Waals surface area contributed by atoms with E-state index in [9.17, 15) is 18.8 Å². The van der Waals surface area contributed by atoms with Crippen molar-refractivity contribution in [2.45, 2.75) is 83.8 Å². The quantitative estimate of drug-likeness (QED) is 0.456. The number of piperidine rings is 1. The molecular formula is C29H36FN5O5. The van der Waals surface area contributed by atoms with Gasteiger partial charge in [0, 0.05) is 43.4 Å². The molecule has 1 saturated heterocycles. The van der Waals surface area contributed by atoms with Gasteiger partial charge in [0.2, 0.25) is 0 Å². The van der Waals surface area contributed by atoms with Crippen LogP contribution in [-0.2, 0) is 4.74 Å². The van der Waals surface area contributed by atoms with E-state index in [1.807, 2.05) is 45.5 Å². The minimum Gasteiger partial charge on any atom is -0.490 e. The third-order valence-corrected chi connectivity index (χ3v) is 6.98. The van der Waals surface area contributed by atoms with E-state index in [1.54, 1.807) is 23.1 Å². The molecule has 2 atom stereocenters. The molecule has 2 amide bonds. The zero-order valence-corrected chi connectivity index (χ0v) is 23.5. The molecular weight excluding hydrogens is 517 g/mol. The fourth-order valence-corrected chi connectivity index (χ4v) is 4.92. The van der Waals surface area contributed by atoms with Crippen LogP contribution in [0.3, 0.4) is 0 Å². The van der Waals surface area contributed by atoms with Gasteiger partial charge in [-0.2, -0.15) is 5.10 Å². The summed E-state index contributed by atoms with van der Waals surface area (Å²) in [6, 6.07) is 6.17. The number of aromatic nitrogens is 3. The van der Waals surface area contributed by atoms with Gasteiger partial charge in [-0.25, -0.2) is 9.18 Å². The van der Waals surface area contributed by atoms with Crippen LogP contribution in [0.25, 0.3) is 10.9 Å². The van der Waals surface area contributed by atoms with Gasteiger partial charge in [-0.05, 0) is 65.7 Å². The van der Waals surface area contributed by atoms with Gasteiger partial charge in [0.25, 0.3) is 11.5 Å². The maximum atomic E-state index is 13.6. The highest BCUT2D eigenvalue weighted by Gasteiger charge is 2.40. The Morgan fingerprint density at radius 1 is 1.18 bits per heavy atom. The van der Waals surface area contributed by atoms with Crippen LogP contribution in [0.1, 0.15) is 76.3 Å². The highest BCUT2D eigenvalue weighted by molar-refractivity contribution is 6.08. The first kappa shape index (κ1) is 27.7. The first-order chi connectivity index (χ1) is 18.9. The average Bonchev–Trinajstić information content (AvgIpc) is 3.45. The second-order valence-electron chi connectivity index (χ2n) is 11.8. The van der Waals surface area contributed by atoms with Crippen LogP contribution >= 0.6 is 0 Å². The minimum atomic E-state index is -1.04. The molecule has 1 saturated carbocycles. The van der Waals surface area contributed by atoms with Crippen molar-refractivity contribution in [1.29, 1.82) is 0 Å². The van der Waals surface area contributed by atoms with E-state index in [-0.39, 0.29) is 29.5 Å². The molecule has 3 aromatic rings. The number of carbonyl (C=O) groups excluding carboxylic acids is 2. The fraction of sp³-hybridized carbons (Fsp3) is 0.517. The highest BCUT2D eigenvalue weighted by Crippen LogP contribution is 2.38. The predicted octanol–water partition coefficient (Wildman–Crippen LogP) is 5.09. The molecule has 2 aromatic heterocycles. The van der Waals surface area contributed by atoms with Gasteiger partial charge in [-0.15, -0.1) is 0 Å². The molecule has 11 heteroatoms. The molecule has 214 valence electrons. The van der Waals surface area contributed by atoms with Crippen LogP contribution < -0.4 is 15.6 Å².